The van der Waals surface area contributed by atoms with Gasteiger partial charge in [0.1, 0.15) is 0 Å². The Hall–Kier alpha value is -3.55. The number of nitrogens with zero attached hydrogens (tertiary/aromatic N) is 3. The van der Waals surface area contributed by atoms with Crippen LogP contribution in [-0.4, -0.2) is 58.0 Å². The van der Waals surface area contributed by atoms with E-state index in [1.165, 1.54) is 4.90 Å². The Labute approximate surface area is 199 Å². The van der Waals surface area contributed by atoms with Crippen molar-refractivity contribution in [1.29, 1.82) is 0 Å². The van der Waals surface area contributed by atoms with E-state index in [4.69, 9.17) is 0 Å². The van der Waals surface area contributed by atoms with Gasteiger partial charge in [-0.25, -0.2) is 4.79 Å². The zero-order valence-electron chi connectivity index (χ0n) is 18.9. The molecule has 2 aliphatic rings. The summed E-state index contributed by atoms with van der Waals surface area (Å²) in [5.74, 6) is -0.297. The highest BCUT2D eigenvalue weighted by atomic mass is 16.3. The summed E-state index contributed by atoms with van der Waals surface area (Å²) in [5, 5.41) is 14.0. The number of carbonyl (C=O) groups is 2. The Bertz CT molecular complexity index is 1110. The summed E-state index contributed by atoms with van der Waals surface area (Å²) >= 11 is 0. The second-order valence-corrected chi connectivity index (χ2v) is 8.98. The van der Waals surface area contributed by atoms with Crippen LogP contribution in [0.4, 0.5) is 4.79 Å². The van der Waals surface area contributed by atoms with Gasteiger partial charge in [-0.15, -0.1) is 0 Å². The van der Waals surface area contributed by atoms with E-state index in [1.54, 1.807) is 18.5 Å². The first-order valence-electron chi connectivity index (χ1n) is 11.6. The molecule has 7 heteroatoms. The summed E-state index contributed by atoms with van der Waals surface area (Å²) in [5.41, 5.74) is 0.152. The number of benzene rings is 2. The first-order valence-corrected chi connectivity index (χ1v) is 11.6. The SMILES string of the molecule is O=C1NC(c2ccccc2)(c2cccnc2)C(=O)N1CCN1CCC(O)(c2ccccc2)CC1. The van der Waals surface area contributed by atoms with Gasteiger partial charge in [0, 0.05) is 44.1 Å². The fraction of sp³-hybridized carbons (Fsp3) is 0.296. The number of piperidine rings is 1. The molecule has 0 saturated carbocycles. The third-order valence-corrected chi connectivity index (χ3v) is 7.04. The van der Waals surface area contributed by atoms with E-state index in [0.717, 1.165) is 5.56 Å². The Kier molecular flexibility index (Phi) is 5.89. The highest BCUT2D eigenvalue weighted by molar-refractivity contribution is 6.09. The standard InChI is InChI=1S/C27H28N4O3/c32-24-27(22-10-5-2-6-11-22,23-12-7-15-28-20-23)29-25(33)31(24)19-18-30-16-13-26(34,14-17-30)21-8-3-1-4-9-21/h1-12,15,20,34H,13-14,16-19H2,(H,29,33). The minimum Gasteiger partial charge on any atom is -0.385 e. The summed E-state index contributed by atoms with van der Waals surface area (Å²) in [4.78, 5) is 34.5. The van der Waals surface area contributed by atoms with Crippen LogP contribution < -0.4 is 5.32 Å². The third kappa shape index (κ3) is 3.87. The van der Waals surface area contributed by atoms with E-state index >= 15 is 0 Å². The normalized spacial score (nSPS) is 22.6. The molecular formula is C27H28N4O3. The van der Waals surface area contributed by atoms with E-state index in [-0.39, 0.29) is 12.5 Å². The first kappa shape index (κ1) is 22.3. The highest BCUT2D eigenvalue weighted by Gasteiger charge is 2.53. The number of likely N-dealkylation sites (tertiary alicyclic amines) is 1. The smallest absolute Gasteiger partial charge is 0.325 e. The van der Waals surface area contributed by atoms with Crippen LogP contribution >= 0.6 is 0 Å². The second kappa shape index (κ2) is 9.00. The van der Waals surface area contributed by atoms with Crippen molar-refractivity contribution >= 4 is 11.9 Å². The van der Waals surface area contributed by atoms with Gasteiger partial charge in [-0.05, 0) is 30.0 Å². The van der Waals surface area contributed by atoms with Crippen LogP contribution in [0.2, 0.25) is 0 Å². The van der Waals surface area contributed by atoms with Gasteiger partial charge in [0.05, 0.1) is 5.60 Å². The molecule has 3 amide bonds. The van der Waals surface area contributed by atoms with Crippen molar-refractivity contribution < 1.29 is 14.7 Å². The number of hydrogen-bond acceptors (Lipinski definition) is 5. The van der Waals surface area contributed by atoms with Crippen molar-refractivity contribution in [2.24, 2.45) is 0 Å². The minimum atomic E-state index is -1.29. The number of hydrogen-bond donors (Lipinski definition) is 2. The van der Waals surface area contributed by atoms with Crippen LogP contribution in [-0.2, 0) is 15.9 Å². The fourth-order valence-corrected chi connectivity index (χ4v) is 5.03. The van der Waals surface area contributed by atoms with Gasteiger partial charge in [-0.3, -0.25) is 14.7 Å². The lowest BCUT2D eigenvalue weighted by Gasteiger charge is -2.39. The maximum absolute atomic E-state index is 13.8. The van der Waals surface area contributed by atoms with Crippen molar-refractivity contribution in [1.82, 2.24) is 20.1 Å². The summed E-state index contributed by atoms with van der Waals surface area (Å²) in [6.45, 7) is 2.23. The number of rotatable bonds is 6. The topological polar surface area (TPSA) is 85.8 Å². The molecule has 2 N–H and O–H groups in total. The Morgan fingerprint density at radius 2 is 1.44 bits per heavy atom. The van der Waals surface area contributed by atoms with Gasteiger partial charge < -0.3 is 15.3 Å². The number of carbonyl (C=O) groups excluding carboxylic acids is 2. The van der Waals surface area contributed by atoms with Crippen molar-refractivity contribution in [3.8, 4) is 0 Å². The van der Waals surface area contributed by atoms with Crippen molar-refractivity contribution in [3.05, 3.63) is 102 Å². The van der Waals surface area contributed by atoms with Crippen LogP contribution in [0.15, 0.2) is 85.2 Å². The molecule has 2 aliphatic heterocycles. The fourth-order valence-electron chi connectivity index (χ4n) is 5.03. The summed E-state index contributed by atoms with van der Waals surface area (Å²) in [6, 6.07) is 22.2. The molecule has 1 unspecified atom stereocenters. The second-order valence-electron chi connectivity index (χ2n) is 8.98. The van der Waals surface area contributed by atoms with Gasteiger partial charge in [-0.1, -0.05) is 66.7 Å². The van der Waals surface area contributed by atoms with Gasteiger partial charge in [0.15, 0.2) is 5.54 Å². The molecule has 0 spiro atoms. The summed E-state index contributed by atoms with van der Waals surface area (Å²) < 4.78 is 0. The molecule has 7 nitrogen and oxygen atoms in total. The Balaban J connectivity index is 1.30. The van der Waals surface area contributed by atoms with Crippen LogP contribution in [0, 0.1) is 0 Å². The van der Waals surface area contributed by atoms with Gasteiger partial charge in [0.25, 0.3) is 5.91 Å². The first-order chi connectivity index (χ1) is 16.5. The Morgan fingerprint density at radius 1 is 0.824 bits per heavy atom. The van der Waals surface area contributed by atoms with Crippen molar-refractivity contribution in [2.75, 3.05) is 26.2 Å². The van der Waals surface area contributed by atoms with Crippen LogP contribution in [0.25, 0.3) is 0 Å². The predicted molar refractivity (Wildman–Crippen MR) is 128 cm³/mol. The van der Waals surface area contributed by atoms with E-state index in [0.29, 0.717) is 43.6 Å². The number of nitrogens with one attached hydrogen (secondary N) is 1. The number of imide groups is 1. The maximum Gasteiger partial charge on any atom is 0.325 e. The monoisotopic (exact) mass is 456 g/mol. The third-order valence-electron chi connectivity index (χ3n) is 7.04. The van der Waals surface area contributed by atoms with E-state index < -0.39 is 17.2 Å². The van der Waals surface area contributed by atoms with Crippen LogP contribution in [0.3, 0.4) is 0 Å². The minimum absolute atomic E-state index is 0.281. The largest absolute Gasteiger partial charge is 0.385 e. The molecule has 3 aromatic rings. The van der Waals surface area contributed by atoms with Gasteiger partial charge >= 0.3 is 6.03 Å². The molecule has 3 heterocycles. The predicted octanol–water partition coefficient (Wildman–Crippen LogP) is 2.86. The number of amides is 3. The molecule has 2 aromatic carbocycles. The van der Waals surface area contributed by atoms with Crippen molar-refractivity contribution in [3.63, 3.8) is 0 Å². The van der Waals surface area contributed by atoms with Crippen molar-refractivity contribution in [2.45, 2.75) is 24.0 Å². The van der Waals surface area contributed by atoms with E-state index in [1.807, 2.05) is 66.7 Å². The molecule has 2 fully saturated rings. The average Bonchev–Trinajstić information content (AvgIpc) is 3.15. The Morgan fingerprint density at radius 3 is 2.06 bits per heavy atom. The highest BCUT2D eigenvalue weighted by Crippen LogP contribution is 2.36. The van der Waals surface area contributed by atoms with Gasteiger partial charge in [-0.2, -0.15) is 0 Å². The molecule has 1 atom stereocenters. The molecule has 34 heavy (non-hydrogen) atoms. The number of pyridine rings is 1. The lowest BCUT2D eigenvalue weighted by Crippen LogP contribution is -2.47. The van der Waals surface area contributed by atoms with Crippen LogP contribution in [0.1, 0.15) is 29.5 Å². The molecule has 2 saturated heterocycles. The maximum atomic E-state index is 13.8. The number of urea groups is 1. The molecule has 174 valence electrons. The summed E-state index contributed by atoms with van der Waals surface area (Å²) in [6.07, 6.45) is 4.50. The number of aliphatic hydroxyl groups is 1. The molecular weight excluding hydrogens is 428 g/mol. The zero-order valence-corrected chi connectivity index (χ0v) is 18.9. The van der Waals surface area contributed by atoms with Crippen LogP contribution in [0.5, 0.6) is 0 Å². The average molecular weight is 457 g/mol. The van der Waals surface area contributed by atoms with E-state index in [9.17, 15) is 14.7 Å². The molecule has 5 rings (SSSR count). The lowest BCUT2D eigenvalue weighted by atomic mass is 9.83. The molecule has 0 aliphatic carbocycles. The molecule has 0 radical (unpaired) electrons. The van der Waals surface area contributed by atoms with E-state index in [2.05, 4.69) is 15.2 Å². The lowest BCUT2D eigenvalue weighted by molar-refractivity contribution is -0.130. The quantitative estimate of drug-likeness (QED) is 0.557. The zero-order chi connectivity index (χ0) is 23.6. The molecule has 1 aromatic heterocycles. The molecule has 0 bridgehead atoms. The number of aromatic nitrogens is 1. The summed E-state index contributed by atoms with van der Waals surface area (Å²) in [7, 11) is 0. The van der Waals surface area contributed by atoms with Gasteiger partial charge in [0.2, 0.25) is 0 Å².